The van der Waals surface area contributed by atoms with Crippen LogP contribution in [0.2, 0.25) is 0 Å². The lowest BCUT2D eigenvalue weighted by Crippen LogP contribution is -2.37. The van der Waals surface area contributed by atoms with Crippen LogP contribution in [0.1, 0.15) is 40.8 Å². The second-order valence-electron chi connectivity index (χ2n) is 5.86. The zero-order chi connectivity index (χ0) is 17.3. The van der Waals surface area contributed by atoms with Gasteiger partial charge in [0.15, 0.2) is 0 Å². The lowest BCUT2D eigenvalue weighted by atomic mass is 10.2. The monoisotopic (exact) mass is 348 g/mol. The van der Waals surface area contributed by atoms with Crippen LogP contribution in [0.3, 0.4) is 0 Å². The number of fused-ring (bicyclic) bond motifs is 2. The van der Waals surface area contributed by atoms with Crippen LogP contribution in [-0.2, 0) is 17.8 Å². The zero-order valence-corrected chi connectivity index (χ0v) is 14.6. The van der Waals surface area contributed by atoms with E-state index in [1.54, 1.807) is 11.5 Å². The Hall–Kier alpha value is -2.22. The van der Waals surface area contributed by atoms with Crippen molar-refractivity contribution in [1.29, 1.82) is 0 Å². The minimum atomic E-state index is -0.341. The van der Waals surface area contributed by atoms with Crippen molar-refractivity contribution in [1.82, 2.24) is 20.2 Å². The van der Waals surface area contributed by atoms with Crippen LogP contribution in [0.5, 0.6) is 0 Å². The highest BCUT2D eigenvalue weighted by molar-refractivity contribution is 7.20. The topological polar surface area (TPSA) is 93.1 Å². The number of nitrogens with one attached hydrogen (secondary N) is 2. The van der Waals surface area contributed by atoms with Crippen LogP contribution in [0, 0.1) is 6.92 Å². The van der Waals surface area contributed by atoms with E-state index in [1.807, 2.05) is 6.92 Å². The van der Waals surface area contributed by atoms with Crippen LogP contribution < -0.4 is 16.2 Å². The molecule has 0 spiro atoms. The predicted octanol–water partition coefficient (Wildman–Crippen LogP) is 0.969. The lowest BCUT2D eigenvalue weighted by Gasteiger charge is -2.05. The summed E-state index contributed by atoms with van der Waals surface area (Å²) in [6.45, 7) is 4.92. The molecule has 0 aromatic carbocycles. The zero-order valence-electron chi connectivity index (χ0n) is 13.8. The van der Waals surface area contributed by atoms with Gasteiger partial charge in [-0.05, 0) is 25.3 Å². The molecule has 0 radical (unpaired) electrons. The molecule has 3 rings (SSSR count). The number of hydrogen-bond acceptors (Lipinski definition) is 5. The summed E-state index contributed by atoms with van der Waals surface area (Å²) in [5.74, 6) is 0.229. The average Bonchev–Trinajstić information content (AvgIpc) is 3.16. The number of rotatable bonds is 5. The molecule has 24 heavy (non-hydrogen) atoms. The molecule has 3 heterocycles. The summed E-state index contributed by atoms with van der Waals surface area (Å²) in [5, 5.41) is 5.83. The van der Waals surface area contributed by atoms with Gasteiger partial charge in [-0.2, -0.15) is 0 Å². The van der Waals surface area contributed by atoms with Crippen molar-refractivity contribution in [2.24, 2.45) is 0 Å². The van der Waals surface area contributed by atoms with Gasteiger partial charge in [-0.1, -0.05) is 6.92 Å². The van der Waals surface area contributed by atoms with Crippen molar-refractivity contribution in [3.05, 3.63) is 26.6 Å². The van der Waals surface area contributed by atoms with Crippen molar-refractivity contribution in [2.45, 2.75) is 39.7 Å². The molecule has 0 atom stereocenters. The Kier molecular flexibility index (Phi) is 4.66. The molecule has 8 heteroatoms. The Labute approximate surface area is 143 Å². The highest BCUT2D eigenvalue weighted by Gasteiger charge is 2.23. The second kappa shape index (κ2) is 6.72. The van der Waals surface area contributed by atoms with Gasteiger partial charge in [-0.3, -0.25) is 19.0 Å². The van der Waals surface area contributed by atoms with Gasteiger partial charge in [0.1, 0.15) is 10.7 Å². The summed E-state index contributed by atoms with van der Waals surface area (Å²) in [7, 11) is 0. The first-order chi connectivity index (χ1) is 11.5. The number of aromatic nitrogens is 2. The van der Waals surface area contributed by atoms with E-state index in [-0.39, 0.29) is 23.9 Å². The van der Waals surface area contributed by atoms with Crippen molar-refractivity contribution in [3.63, 3.8) is 0 Å². The van der Waals surface area contributed by atoms with Gasteiger partial charge in [-0.25, -0.2) is 4.98 Å². The molecule has 0 unspecified atom stereocenters. The number of nitrogens with zero attached hydrogens (tertiary/aromatic N) is 2. The van der Waals surface area contributed by atoms with E-state index >= 15 is 0 Å². The minimum absolute atomic E-state index is 0.0685. The minimum Gasteiger partial charge on any atom is -0.355 e. The Balaban J connectivity index is 1.84. The molecule has 0 bridgehead atoms. The average molecular weight is 348 g/mol. The molecular formula is C16H20N4O3S. The maximum atomic E-state index is 12.6. The van der Waals surface area contributed by atoms with Crippen molar-refractivity contribution >= 4 is 33.4 Å². The fourth-order valence-electron chi connectivity index (χ4n) is 2.86. The summed E-state index contributed by atoms with van der Waals surface area (Å²) < 4.78 is 1.70. The van der Waals surface area contributed by atoms with E-state index in [4.69, 9.17) is 0 Å². The van der Waals surface area contributed by atoms with Crippen LogP contribution in [0.25, 0.3) is 10.2 Å². The van der Waals surface area contributed by atoms with E-state index in [9.17, 15) is 14.4 Å². The maximum Gasteiger partial charge on any atom is 0.262 e. The Bertz CT molecular complexity index is 868. The standard InChI is InChI=1S/C16H20N4O3S/c1-3-6-17-11(21)8-18-14(22)13-9(2)12-15(24-13)19-10-5-4-7-20(10)16(12)23/h3-8H2,1-2H3,(H,17,21)(H,18,22). The SMILES string of the molecule is CCCNC(=O)CNC(=O)c1sc2nc3n(c(=O)c2c1C)CCC3. The molecule has 7 nitrogen and oxygen atoms in total. The summed E-state index contributed by atoms with van der Waals surface area (Å²) in [4.78, 5) is 42.1. The Morgan fingerprint density at radius 2 is 2.12 bits per heavy atom. The van der Waals surface area contributed by atoms with Gasteiger partial charge in [0.05, 0.1) is 16.8 Å². The van der Waals surface area contributed by atoms with Gasteiger partial charge < -0.3 is 10.6 Å². The van der Waals surface area contributed by atoms with Gasteiger partial charge >= 0.3 is 0 Å². The molecule has 0 saturated carbocycles. The molecule has 2 aromatic heterocycles. The summed E-state index contributed by atoms with van der Waals surface area (Å²) in [6, 6.07) is 0. The number of thiophene rings is 1. The Morgan fingerprint density at radius 1 is 1.33 bits per heavy atom. The first kappa shape index (κ1) is 16.6. The molecule has 0 saturated heterocycles. The highest BCUT2D eigenvalue weighted by atomic mass is 32.1. The molecule has 1 aliphatic heterocycles. The van der Waals surface area contributed by atoms with Crippen LogP contribution in [-0.4, -0.2) is 34.5 Å². The van der Waals surface area contributed by atoms with Crippen LogP contribution in [0.15, 0.2) is 4.79 Å². The number of amides is 2. The van der Waals surface area contributed by atoms with Crippen LogP contribution >= 0.6 is 11.3 Å². The fourth-order valence-corrected chi connectivity index (χ4v) is 3.97. The van der Waals surface area contributed by atoms with Gasteiger partial charge in [-0.15, -0.1) is 11.3 Å². The molecule has 2 amide bonds. The van der Waals surface area contributed by atoms with Crippen molar-refractivity contribution < 1.29 is 9.59 Å². The summed E-state index contributed by atoms with van der Waals surface area (Å²) >= 11 is 1.21. The fraction of sp³-hybridized carbons (Fsp3) is 0.500. The van der Waals surface area contributed by atoms with Crippen molar-refractivity contribution in [3.8, 4) is 0 Å². The molecule has 128 valence electrons. The molecule has 0 aliphatic carbocycles. The van der Waals surface area contributed by atoms with Gasteiger partial charge in [0.25, 0.3) is 11.5 Å². The normalized spacial score (nSPS) is 13.1. The first-order valence-corrected chi connectivity index (χ1v) is 8.92. The predicted molar refractivity (Wildman–Crippen MR) is 92.6 cm³/mol. The van der Waals surface area contributed by atoms with E-state index < -0.39 is 0 Å². The third-order valence-electron chi connectivity index (χ3n) is 4.10. The molecular weight excluding hydrogens is 328 g/mol. The molecule has 2 N–H and O–H groups in total. The van der Waals surface area contributed by atoms with E-state index in [1.165, 1.54) is 11.3 Å². The number of hydrogen-bond donors (Lipinski definition) is 2. The number of carbonyl (C=O) groups excluding carboxylic acids is 2. The Morgan fingerprint density at radius 3 is 2.88 bits per heavy atom. The first-order valence-electron chi connectivity index (χ1n) is 8.10. The molecule has 0 fully saturated rings. The third kappa shape index (κ3) is 2.93. The van der Waals surface area contributed by atoms with Crippen LogP contribution in [0.4, 0.5) is 0 Å². The van der Waals surface area contributed by atoms with E-state index in [0.717, 1.165) is 25.1 Å². The number of carbonyl (C=O) groups is 2. The van der Waals surface area contributed by atoms with E-state index in [2.05, 4.69) is 15.6 Å². The quantitative estimate of drug-likeness (QED) is 0.842. The largest absolute Gasteiger partial charge is 0.355 e. The maximum absolute atomic E-state index is 12.6. The molecule has 2 aromatic rings. The summed E-state index contributed by atoms with van der Waals surface area (Å²) in [5.41, 5.74) is 0.571. The number of aryl methyl sites for hydroxylation is 2. The van der Waals surface area contributed by atoms with E-state index in [0.29, 0.717) is 33.7 Å². The highest BCUT2D eigenvalue weighted by Crippen LogP contribution is 2.28. The third-order valence-corrected chi connectivity index (χ3v) is 5.28. The summed E-state index contributed by atoms with van der Waals surface area (Å²) in [6.07, 6.45) is 2.56. The van der Waals surface area contributed by atoms with Crippen molar-refractivity contribution in [2.75, 3.05) is 13.1 Å². The second-order valence-corrected chi connectivity index (χ2v) is 6.86. The van der Waals surface area contributed by atoms with Gasteiger partial charge in [0.2, 0.25) is 5.91 Å². The smallest absolute Gasteiger partial charge is 0.262 e. The lowest BCUT2D eigenvalue weighted by molar-refractivity contribution is -0.120. The molecule has 1 aliphatic rings. The van der Waals surface area contributed by atoms with Gasteiger partial charge in [0, 0.05) is 19.5 Å².